The van der Waals surface area contributed by atoms with Crippen LogP contribution < -0.4 is 9.80 Å². The summed E-state index contributed by atoms with van der Waals surface area (Å²) in [5.74, 6) is -0.541. The summed E-state index contributed by atoms with van der Waals surface area (Å²) in [4.78, 5) is 38.9. The molecule has 0 radical (unpaired) electrons. The standard InChI is InChI=1S/C25H22N4O2S/c1-17-7-5-11-21-23(17)27-25(32-21)29(15-18-8-6-12-26-14-18)24(31)19-13-22(30)28(16-19)20-9-3-2-4-10-20/h2-12,14,19H,13,15-16H2,1H3. The summed E-state index contributed by atoms with van der Waals surface area (Å²) in [5.41, 5.74) is 3.72. The van der Waals surface area contributed by atoms with E-state index < -0.39 is 5.92 Å². The number of nitrogens with zero attached hydrogens (tertiary/aromatic N) is 4. The Labute approximate surface area is 190 Å². The number of aromatic nitrogens is 2. The minimum Gasteiger partial charge on any atom is -0.312 e. The first kappa shape index (κ1) is 20.3. The second kappa shape index (κ2) is 8.51. The van der Waals surface area contributed by atoms with Gasteiger partial charge in [-0.25, -0.2) is 4.98 Å². The lowest BCUT2D eigenvalue weighted by molar-refractivity contribution is -0.124. The molecule has 5 rings (SSSR count). The number of benzene rings is 2. The van der Waals surface area contributed by atoms with E-state index in [2.05, 4.69) is 4.98 Å². The molecule has 1 unspecified atom stereocenters. The minimum absolute atomic E-state index is 0.0315. The molecule has 0 bridgehead atoms. The molecule has 0 N–H and O–H groups in total. The molecule has 160 valence electrons. The van der Waals surface area contributed by atoms with E-state index in [9.17, 15) is 9.59 Å². The Kier molecular flexibility index (Phi) is 5.41. The van der Waals surface area contributed by atoms with Crippen LogP contribution in [0.2, 0.25) is 0 Å². The van der Waals surface area contributed by atoms with E-state index in [0.717, 1.165) is 27.0 Å². The van der Waals surface area contributed by atoms with Gasteiger partial charge in [-0.3, -0.25) is 19.5 Å². The maximum Gasteiger partial charge on any atom is 0.234 e. The van der Waals surface area contributed by atoms with E-state index in [0.29, 0.717) is 18.2 Å². The van der Waals surface area contributed by atoms with Crippen LogP contribution in [0.1, 0.15) is 17.5 Å². The van der Waals surface area contributed by atoms with Crippen LogP contribution in [-0.2, 0) is 16.1 Å². The van der Waals surface area contributed by atoms with Gasteiger partial charge in [-0.1, -0.05) is 47.7 Å². The number of carbonyl (C=O) groups excluding carboxylic acids is 2. The number of carbonyl (C=O) groups is 2. The zero-order chi connectivity index (χ0) is 22.1. The Morgan fingerprint density at radius 3 is 2.72 bits per heavy atom. The van der Waals surface area contributed by atoms with Crippen molar-refractivity contribution in [3.63, 3.8) is 0 Å². The Bertz CT molecular complexity index is 1270. The molecule has 32 heavy (non-hydrogen) atoms. The van der Waals surface area contributed by atoms with Crippen LogP contribution in [0.3, 0.4) is 0 Å². The van der Waals surface area contributed by atoms with Gasteiger partial charge in [0, 0.05) is 31.0 Å². The summed E-state index contributed by atoms with van der Waals surface area (Å²) < 4.78 is 1.04. The molecule has 3 heterocycles. The number of anilines is 2. The van der Waals surface area contributed by atoms with Crippen molar-refractivity contribution in [1.82, 2.24) is 9.97 Å². The highest BCUT2D eigenvalue weighted by Gasteiger charge is 2.38. The second-order valence-corrected chi connectivity index (χ2v) is 8.95. The predicted molar refractivity (Wildman–Crippen MR) is 127 cm³/mol. The average molecular weight is 443 g/mol. The molecule has 4 aromatic rings. The smallest absolute Gasteiger partial charge is 0.234 e. The molecule has 1 aliphatic heterocycles. The number of rotatable bonds is 5. The zero-order valence-corrected chi connectivity index (χ0v) is 18.5. The highest BCUT2D eigenvalue weighted by atomic mass is 32.1. The fraction of sp³-hybridized carbons (Fsp3) is 0.200. The number of pyridine rings is 1. The van der Waals surface area contributed by atoms with Gasteiger partial charge in [-0.05, 0) is 42.3 Å². The van der Waals surface area contributed by atoms with Crippen molar-refractivity contribution in [1.29, 1.82) is 0 Å². The van der Waals surface area contributed by atoms with Crippen LogP contribution in [-0.4, -0.2) is 28.3 Å². The third kappa shape index (κ3) is 3.87. The molecule has 7 heteroatoms. The van der Waals surface area contributed by atoms with Crippen LogP contribution >= 0.6 is 11.3 Å². The molecule has 0 aliphatic carbocycles. The van der Waals surface area contributed by atoms with Crippen LogP contribution in [0.4, 0.5) is 10.8 Å². The van der Waals surface area contributed by atoms with Gasteiger partial charge in [0.25, 0.3) is 0 Å². The SMILES string of the molecule is Cc1cccc2sc(N(Cc3cccnc3)C(=O)C3CC(=O)N(c4ccccc4)C3)nc12. The fourth-order valence-electron chi connectivity index (χ4n) is 4.05. The van der Waals surface area contributed by atoms with Crippen LogP contribution in [0.25, 0.3) is 10.2 Å². The first-order valence-electron chi connectivity index (χ1n) is 10.5. The van der Waals surface area contributed by atoms with E-state index >= 15 is 0 Å². The van der Waals surface area contributed by atoms with Crippen molar-refractivity contribution in [2.75, 3.05) is 16.3 Å². The largest absolute Gasteiger partial charge is 0.312 e. The third-order valence-corrected chi connectivity index (χ3v) is 6.76. The molecular formula is C25H22N4O2S. The molecule has 2 amide bonds. The summed E-state index contributed by atoms with van der Waals surface area (Å²) in [6.07, 6.45) is 3.67. The van der Waals surface area contributed by atoms with Gasteiger partial charge in [0.15, 0.2) is 5.13 Å². The van der Waals surface area contributed by atoms with Crippen molar-refractivity contribution in [2.45, 2.75) is 19.9 Å². The number of hydrogen-bond acceptors (Lipinski definition) is 5. The number of hydrogen-bond donors (Lipinski definition) is 0. The highest BCUT2D eigenvalue weighted by molar-refractivity contribution is 7.22. The van der Waals surface area contributed by atoms with Crippen LogP contribution in [0, 0.1) is 12.8 Å². The lowest BCUT2D eigenvalue weighted by atomic mass is 10.1. The van der Waals surface area contributed by atoms with Crippen LogP contribution in [0.5, 0.6) is 0 Å². The molecule has 0 saturated carbocycles. The van der Waals surface area contributed by atoms with Gasteiger partial charge < -0.3 is 4.90 Å². The maximum absolute atomic E-state index is 13.7. The van der Waals surface area contributed by atoms with E-state index in [1.54, 1.807) is 22.2 Å². The Morgan fingerprint density at radius 2 is 1.97 bits per heavy atom. The summed E-state index contributed by atoms with van der Waals surface area (Å²) >= 11 is 1.50. The molecule has 2 aromatic carbocycles. The van der Waals surface area contributed by atoms with Gasteiger partial charge in [0.2, 0.25) is 11.8 Å². The number of thiazole rings is 1. The van der Waals surface area contributed by atoms with E-state index in [-0.39, 0.29) is 18.2 Å². The Balaban J connectivity index is 1.48. The summed E-state index contributed by atoms with van der Waals surface area (Å²) in [6, 6.07) is 19.4. The zero-order valence-electron chi connectivity index (χ0n) is 17.6. The summed E-state index contributed by atoms with van der Waals surface area (Å²) in [7, 11) is 0. The molecule has 1 fully saturated rings. The Hall–Kier alpha value is -3.58. The molecule has 1 atom stereocenters. The molecule has 6 nitrogen and oxygen atoms in total. The van der Waals surface area contributed by atoms with Crippen molar-refractivity contribution >= 4 is 44.2 Å². The topological polar surface area (TPSA) is 66.4 Å². The van der Waals surface area contributed by atoms with Crippen LogP contribution in [0.15, 0.2) is 73.1 Å². The molecule has 2 aromatic heterocycles. The second-order valence-electron chi connectivity index (χ2n) is 7.94. The minimum atomic E-state index is -0.424. The first-order chi connectivity index (χ1) is 15.6. The van der Waals surface area contributed by atoms with Crippen molar-refractivity contribution < 1.29 is 9.59 Å². The molecular weight excluding hydrogens is 420 g/mol. The molecule has 1 aliphatic rings. The normalized spacial score (nSPS) is 16.0. The maximum atomic E-state index is 13.7. The predicted octanol–water partition coefficient (Wildman–Crippen LogP) is 4.59. The van der Waals surface area contributed by atoms with Gasteiger partial charge >= 0.3 is 0 Å². The lowest BCUT2D eigenvalue weighted by Crippen LogP contribution is -2.37. The number of fused-ring (bicyclic) bond motifs is 1. The number of amides is 2. The summed E-state index contributed by atoms with van der Waals surface area (Å²) in [5, 5.41) is 0.647. The highest BCUT2D eigenvalue weighted by Crippen LogP contribution is 2.34. The Morgan fingerprint density at radius 1 is 1.12 bits per heavy atom. The number of aryl methyl sites for hydroxylation is 1. The summed E-state index contributed by atoms with van der Waals surface area (Å²) in [6.45, 7) is 2.75. The van der Waals surface area contributed by atoms with Gasteiger partial charge in [0.1, 0.15) is 0 Å². The number of para-hydroxylation sites is 2. The van der Waals surface area contributed by atoms with Crippen molar-refractivity contribution in [3.05, 3.63) is 84.2 Å². The first-order valence-corrected chi connectivity index (χ1v) is 11.3. The monoisotopic (exact) mass is 442 g/mol. The van der Waals surface area contributed by atoms with Gasteiger partial charge in [-0.2, -0.15) is 0 Å². The van der Waals surface area contributed by atoms with Gasteiger partial charge in [0.05, 0.1) is 22.7 Å². The van der Waals surface area contributed by atoms with E-state index in [4.69, 9.17) is 4.98 Å². The van der Waals surface area contributed by atoms with E-state index in [1.165, 1.54) is 11.3 Å². The average Bonchev–Trinajstić information content (AvgIpc) is 3.43. The van der Waals surface area contributed by atoms with Gasteiger partial charge in [-0.15, -0.1) is 0 Å². The lowest BCUT2D eigenvalue weighted by Gasteiger charge is -2.23. The third-order valence-electron chi connectivity index (χ3n) is 5.71. The molecule has 1 saturated heterocycles. The van der Waals surface area contributed by atoms with E-state index in [1.807, 2.05) is 67.6 Å². The molecule has 0 spiro atoms. The van der Waals surface area contributed by atoms with Crippen molar-refractivity contribution in [2.24, 2.45) is 5.92 Å². The van der Waals surface area contributed by atoms with Crippen molar-refractivity contribution in [3.8, 4) is 0 Å². The quantitative estimate of drug-likeness (QED) is 0.454. The fourth-order valence-corrected chi connectivity index (χ4v) is 5.10.